The lowest BCUT2D eigenvalue weighted by Crippen LogP contribution is -2.44. The third-order valence-electron chi connectivity index (χ3n) is 2.68. The number of hydrogen-bond acceptors (Lipinski definition) is 7. The van der Waals surface area contributed by atoms with Crippen LogP contribution in [-0.2, 0) is 33.3 Å². The lowest BCUT2D eigenvalue weighted by molar-refractivity contribution is -0.149. The SMILES string of the molecule is COCCOCC(=O)N[C@@H](C[C@@H](C)C(=O)OC)C(=O)OC. The number of amides is 1. The lowest BCUT2D eigenvalue weighted by atomic mass is 10.0. The molecular formula is C13H23NO7. The Labute approximate surface area is 124 Å². The molecule has 1 N–H and O–H groups in total. The summed E-state index contributed by atoms with van der Waals surface area (Å²) in [4.78, 5) is 34.6. The fourth-order valence-corrected chi connectivity index (χ4v) is 1.55. The minimum absolute atomic E-state index is 0.0865. The third kappa shape index (κ3) is 8.26. The molecule has 0 aromatic carbocycles. The molecule has 0 radical (unpaired) electrons. The molecule has 122 valence electrons. The van der Waals surface area contributed by atoms with E-state index in [1.165, 1.54) is 21.3 Å². The molecule has 2 atom stereocenters. The molecule has 8 heteroatoms. The van der Waals surface area contributed by atoms with Crippen molar-refractivity contribution in [3.63, 3.8) is 0 Å². The van der Waals surface area contributed by atoms with E-state index in [1.54, 1.807) is 6.92 Å². The molecule has 0 fully saturated rings. The molecule has 0 heterocycles. The fraction of sp³-hybridized carbons (Fsp3) is 0.769. The van der Waals surface area contributed by atoms with Gasteiger partial charge >= 0.3 is 11.9 Å². The van der Waals surface area contributed by atoms with Crippen LogP contribution in [0.1, 0.15) is 13.3 Å². The summed E-state index contributed by atoms with van der Waals surface area (Å²) in [6.07, 6.45) is 0.0865. The largest absolute Gasteiger partial charge is 0.469 e. The topological polar surface area (TPSA) is 100 Å². The van der Waals surface area contributed by atoms with E-state index in [0.29, 0.717) is 6.61 Å². The first-order valence-corrected chi connectivity index (χ1v) is 6.47. The number of nitrogens with one attached hydrogen (secondary N) is 1. The van der Waals surface area contributed by atoms with E-state index in [1.807, 2.05) is 0 Å². The molecule has 0 aromatic heterocycles. The van der Waals surface area contributed by atoms with Crippen LogP contribution >= 0.6 is 0 Å². The summed E-state index contributed by atoms with van der Waals surface area (Å²) in [5.41, 5.74) is 0. The van der Waals surface area contributed by atoms with Gasteiger partial charge in [0.1, 0.15) is 12.6 Å². The molecule has 0 saturated heterocycles. The van der Waals surface area contributed by atoms with Gasteiger partial charge in [0, 0.05) is 7.11 Å². The van der Waals surface area contributed by atoms with Gasteiger partial charge in [0.25, 0.3) is 0 Å². The molecule has 0 aliphatic heterocycles. The zero-order valence-electron chi connectivity index (χ0n) is 12.8. The van der Waals surface area contributed by atoms with E-state index in [4.69, 9.17) is 9.47 Å². The van der Waals surface area contributed by atoms with E-state index in [0.717, 1.165) is 0 Å². The van der Waals surface area contributed by atoms with Crippen molar-refractivity contribution in [3.05, 3.63) is 0 Å². The summed E-state index contributed by atoms with van der Waals surface area (Å²) in [5, 5.41) is 2.47. The minimum Gasteiger partial charge on any atom is -0.469 e. The van der Waals surface area contributed by atoms with Gasteiger partial charge in [-0.1, -0.05) is 6.92 Å². The number of ether oxygens (including phenoxy) is 4. The Balaban J connectivity index is 4.39. The molecule has 0 bridgehead atoms. The number of hydrogen-bond donors (Lipinski definition) is 1. The highest BCUT2D eigenvalue weighted by Crippen LogP contribution is 2.09. The standard InChI is InChI=1S/C13H23NO7/c1-9(12(16)19-3)7-10(13(17)20-4)14-11(15)8-21-6-5-18-2/h9-10H,5-8H2,1-4H3,(H,14,15)/t9-,10+/m1/s1. The summed E-state index contributed by atoms with van der Waals surface area (Å²) >= 11 is 0. The van der Waals surface area contributed by atoms with Gasteiger partial charge < -0.3 is 24.3 Å². The second-order valence-electron chi connectivity index (χ2n) is 4.35. The molecule has 0 aliphatic rings. The van der Waals surface area contributed by atoms with Crippen molar-refractivity contribution in [3.8, 4) is 0 Å². The van der Waals surface area contributed by atoms with Gasteiger partial charge in [0.2, 0.25) is 5.91 Å². The average molecular weight is 305 g/mol. The Bertz CT molecular complexity index is 345. The van der Waals surface area contributed by atoms with Crippen molar-refractivity contribution < 1.29 is 33.3 Å². The van der Waals surface area contributed by atoms with Gasteiger partial charge in [-0.25, -0.2) is 4.79 Å². The van der Waals surface area contributed by atoms with Gasteiger partial charge in [-0.2, -0.15) is 0 Å². The molecule has 1 amide bonds. The van der Waals surface area contributed by atoms with Crippen LogP contribution in [0.25, 0.3) is 0 Å². The fourth-order valence-electron chi connectivity index (χ4n) is 1.55. The van der Waals surface area contributed by atoms with Gasteiger partial charge in [0.05, 0.1) is 33.4 Å². The van der Waals surface area contributed by atoms with Crippen LogP contribution < -0.4 is 5.32 Å². The van der Waals surface area contributed by atoms with E-state index in [-0.39, 0.29) is 19.6 Å². The highest BCUT2D eigenvalue weighted by molar-refractivity contribution is 5.85. The number of carbonyl (C=O) groups is 3. The highest BCUT2D eigenvalue weighted by atomic mass is 16.5. The second kappa shape index (κ2) is 11.0. The van der Waals surface area contributed by atoms with Crippen LogP contribution in [0, 0.1) is 5.92 Å². The molecule has 0 unspecified atom stereocenters. The van der Waals surface area contributed by atoms with Crippen molar-refractivity contribution in [2.24, 2.45) is 5.92 Å². The Morgan fingerprint density at radius 1 is 1.00 bits per heavy atom. The van der Waals surface area contributed by atoms with Gasteiger partial charge in [0.15, 0.2) is 0 Å². The lowest BCUT2D eigenvalue weighted by Gasteiger charge is -2.19. The Kier molecular flexibility index (Phi) is 10.2. The molecule has 0 aliphatic carbocycles. The molecule has 21 heavy (non-hydrogen) atoms. The summed E-state index contributed by atoms with van der Waals surface area (Å²) < 4.78 is 19.0. The molecule has 0 rings (SSSR count). The number of esters is 2. The van der Waals surface area contributed by atoms with E-state index in [2.05, 4.69) is 14.8 Å². The van der Waals surface area contributed by atoms with E-state index < -0.39 is 29.8 Å². The zero-order valence-corrected chi connectivity index (χ0v) is 12.8. The second-order valence-corrected chi connectivity index (χ2v) is 4.35. The van der Waals surface area contributed by atoms with Gasteiger partial charge in [-0.15, -0.1) is 0 Å². The number of carbonyl (C=O) groups excluding carboxylic acids is 3. The predicted molar refractivity (Wildman–Crippen MR) is 72.4 cm³/mol. The third-order valence-corrected chi connectivity index (χ3v) is 2.68. The monoisotopic (exact) mass is 305 g/mol. The molecule has 0 aromatic rings. The molecule has 8 nitrogen and oxygen atoms in total. The summed E-state index contributed by atoms with van der Waals surface area (Å²) in [6.45, 7) is 2.03. The maximum Gasteiger partial charge on any atom is 0.328 e. The zero-order chi connectivity index (χ0) is 16.3. The van der Waals surface area contributed by atoms with Crippen molar-refractivity contribution in [1.82, 2.24) is 5.32 Å². The van der Waals surface area contributed by atoms with Gasteiger partial charge in [-0.05, 0) is 6.42 Å². The van der Waals surface area contributed by atoms with Crippen LogP contribution in [0.5, 0.6) is 0 Å². The van der Waals surface area contributed by atoms with Crippen LogP contribution in [-0.4, -0.2) is 65.0 Å². The summed E-state index contributed by atoms with van der Waals surface area (Å²) in [5.74, 6) is -2.11. The normalized spacial score (nSPS) is 13.1. The summed E-state index contributed by atoms with van der Waals surface area (Å²) in [6, 6.07) is -0.928. The summed E-state index contributed by atoms with van der Waals surface area (Å²) in [7, 11) is 3.98. The van der Waals surface area contributed by atoms with Crippen molar-refractivity contribution in [1.29, 1.82) is 0 Å². The Hall–Kier alpha value is -1.67. The van der Waals surface area contributed by atoms with Gasteiger partial charge in [-0.3, -0.25) is 9.59 Å². The first-order valence-electron chi connectivity index (χ1n) is 6.47. The number of methoxy groups -OCH3 is 3. The van der Waals surface area contributed by atoms with Crippen molar-refractivity contribution >= 4 is 17.8 Å². The van der Waals surface area contributed by atoms with E-state index >= 15 is 0 Å². The average Bonchev–Trinajstić information content (AvgIpc) is 2.49. The Morgan fingerprint density at radius 3 is 2.14 bits per heavy atom. The first kappa shape index (κ1) is 19.3. The molecular weight excluding hydrogens is 282 g/mol. The van der Waals surface area contributed by atoms with Crippen LogP contribution in [0.2, 0.25) is 0 Å². The highest BCUT2D eigenvalue weighted by Gasteiger charge is 2.27. The molecule has 0 spiro atoms. The predicted octanol–water partition coefficient (Wildman–Crippen LogP) is -0.494. The molecule has 0 saturated carbocycles. The van der Waals surface area contributed by atoms with Crippen LogP contribution in [0.3, 0.4) is 0 Å². The minimum atomic E-state index is -0.928. The van der Waals surface area contributed by atoms with Crippen LogP contribution in [0.4, 0.5) is 0 Å². The van der Waals surface area contributed by atoms with Crippen molar-refractivity contribution in [2.45, 2.75) is 19.4 Å². The van der Waals surface area contributed by atoms with Crippen molar-refractivity contribution in [2.75, 3.05) is 41.2 Å². The quantitative estimate of drug-likeness (QED) is 0.429. The smallest absolute Gasteiger partial charge is 0.328 e. The van der Waals surface area contributed by atoms with E-state index in [9.17, 15) is 14.4 Å². The van der Waals surface area contributed by atoms with Crippen LogP contribution in [0.15, 0.2) is 0 Å². The Morgan fingerprint density at radius 2 is 1.62 bits per heavy atom. The maximum atomic E-state index is 11.7. The number of rotatable bonds is 10. The maximum absolute atomic E-state index is 11.7. The first-order chi connectivity index (χ1) is 9.96.